The van der Waals surface area contributed by atoms with Gasteiger partial charge in [0.2, 0.25) is 0 Å². The van der Waals surface area contributed by atoms with E-state index in [9.17, 15) is 22.8 Å². The molecule has 3 aromatic rings. The number of nitrogens with zero attached hydrogens (tertiary/aromatic N) is 3. The zero-order valence-corrected chi connectivity index (χ0v) is 15.6. The Balaban J connectivity index is 1.93. The second-order valence-electron chi connectivity index (χ2n) is 6.23. The van der Waals surface area contributed by atoms with Crippen LogP contribution in [0.2, 0.25) is 0 Å². The van der Waals surface area contributed by atoms with Crippen LogP contribution in [0.25, 0.3) is 10.8 Å². The van der Waals surface area contributed by atoms with E-state index in [1.165, 1.54) is 23.7 Å². The largest absolute Gasteiger partial charge is 0.416 e. The molecule has 0 aliphatic heterocycles. The maximum absolute atomic E-state index is 12.9. The first-order valence-corrected chi connectivity index (χ1v) is 8.74. The molecule has 6 nitrogen and oxygen atoms in total. The number of aryl methyl sites for hydroxylation is 1. The third-order valence-electron chi connectivity index (χ3n) is 4.32. The van der Waals surface area contributed by atoms with E-state index in [0.717, 1.165) is 12.1 Å². The standard InChI is InChI=1S/C20H17F3N4O2/c1-3-27-19(29)16-10-5-4-9-15(16)17(26-27)18(28)25-24-12(2)13-7-6-8-14(11-13)20(21,22)23/h4-11H,3H2,1-2H3,(H,25,28)/b24-12+. The quantitative estimate of drug-likeness (QED) is 0.535. The number of benzene rings is 2. The Morgan fingerprint density at radius 1 is 1.14 bits per heavy atom. The summed E-state index contributed by atoms with van der Waals surface area (Å²) in [5.41, 5.74) is 1.60. The monoisotopic (exact) mass is 402 g/mol. The Labute approximate surface area is 163 Å². The van der Waals surface area contributed by atoms with Crippen molar-refractivity contribution in [3.63, 3.8) is 0 Å². The number of alkyl halides is 3. The maximum Gasteiger partial charge on any atom is 0.416 e. The van der Waals surface area contributed by atoms with Crippen molar-refractivity contribution in [1.82, 2.24) is 15.2 Å². The highest BCUT2D eigenvalue weighted by molar-refractivity contribution is 6.06. The van der Waals surface area contributed by atoms with Crippen LogP contribution in [-0.2, 0) is 12.7 Å². The molecule has 3 rings (SSSR count). The summed E-state index contributed by atoms with van der Waals surface area (Å²) < 4.78 is 39.8. The number of carbonyl (C=O) groups excluding carboxylic acids is 1. The summed E-state index contributed by atoms with van der Waals surface area (Å²) in [4.78, 5) is 25.0. The van der Waals surface area contributed by atoms with Crippen molar-refractivity contribution in [3.05, 3.63) is 75.7 Å². The smallest absolute Gasteiger partial charge is 0.267 e. The fraction of sp³-hybridized carbons (Fsp3) is 0.200. The summed E-state index contributed by atoms with van der Waals surface area (Å²) >= 11 is 0. The number of hydrazone groups is 1. The summed E-state index contributed by atoms with van der Waals surface area (Å²) in [5.74, 6) is -0.672. The predicted octanol–water partition coefficient (Wildman–Crippen LogP) is 3.59. The zero-order chi connectivity index (χ0) is 21.2. The lowest BCUT2D eigenvalue weighted by Crippen LogP contribution is -2.28. The van der Waals surface area contributed by atoms with Crippen molar-refractivity contribution in [2.24, 2.45) is 5.10 Å². The molecule has 0 saturated heterocycles. The SMILES string of the molecule is CCn1nc(C(=O)N/N=C(\C)c2cccc(C(F)(F)F)c2)c2ccccc2c1=O. The van der Waals surface area contributed by atoms with Crippen molar-refractivity contribution in [2.45, 2.75) is 26.6 Å². The predicted molar refractivity (Wildman–Crippen MR) is 103 cm³/mol. The van der Waals surface area contributed by atoms with Gasteiger partial charge in [-0.05, 0) is 37.6 Å². The van der Waals surface area contributed by atoms with Crippen molar-refractivity contribution < 1.29 is 18.0 Å². The van der Waals surface area contributed by atoms with Crippen LogP contribution in [0.5, 0.6) is 0 Å². The highest BCUT2D eigenvalue weighted by Crippen LogP contribution is 2.29. The summed E-state index contributed by atoms with van der Waals surface area (Å²) in [5, 5.41) is 8.70. The third-order valence-corrected chi connectivity index (χ3v) is 4.32. The van der Waals surface area contributed by atoms with Crippen molar-refractivity contribution in [1.29, 1.82) is 0 Å². The molecular formula is C20H17F3N4O2. The highest BCUT2D eigenvalue weighted by Gasteiger charge is 2.30. The number of fused-ring (bicyclic) bond motifs is 1. The van der Waals surface area contributed by atoms with Crippen LogP contribution < -0.4 is 11.0 Å². The van der Waals surface area contributed by atoms with E-state index in [1.807, 2.05) is 0 Å². The van der Waals surface area contributed by atoms with Crippen LogP contribution in [0.1, 0.15) is 35.5 Å². The van der Waals surface area contributed by atoms with Gasteiger partial charge in [-0.3, -0.25) is 9.59 Å². The number of aromatic nitrogens is 2. The van der Waals surface area contributed by atoms with Crippen LogP contribution in [0.3, 0.4) is 0 Å². The van der Waals surface area contributed by atoms with Crippen LogP contribution >= 0.6 is 0 Å². The summed E-state index contributed by atoms with van der Waals surface area (Å²) in [6.07, 6.45) is -4.48. The molecule has 150 valence electrons. The van der Waals surface area contributed by atoms with Gasteiger partial charge in [-0.1, -0.05) is 30.3 Å². The average Bonchev–Trinajstić information content (AvgIpc) is 2.71. The molecule has 0 aliphatic carbocycles. The Morgan fingerprint density at radius 2 is 1.83 bits per heavy atom. The lowest BCUT2D eigenvalue weighted by Gasteiger charge is -2.10. The van der Waals surface area contributed by atoms with Gasteiger partial charge < -0.3 is 0 Å². The molecule has 29 heavy (non-hydrogen) atoms. The van der Waals surface area contributed by atoms with Gasteiger partial charge in [0.05, 0.1) is 16.7 Å². The van der Waals surface area contributed by atoms with Gasteiger partial charge in [0, 0.05) is 11.9 Å². The zero-order valence-electron chi connectivity index (χ0n) is 15.6. The first-order valence-electron chi connectivity index (χ1n) is 8.74. The number of rotatable bonds is 4. The van der Waals surface area contributed by atoms with E-state index in [0.29, 0.717) is 10.8 Å². The molecule has 2 aromatic carbocycles. The minimum Gasteiger partial charge on any atom is -0.267 e. The Hall–Kier alpha value is -3.49. The second-order valence-corrected chi connectivity index (χ2v) is 6.23. The van der Waals surface area contributed by atoms with E-state index in [4.69, 9.17) is 0 Å². The van der Waals surface area contributed by atoms with Gasteiger partial charge >= 0.3 is 6.18 Å². The van der Waals surface area contributed by atoms with E-state index < -0.39 is 17.6 Å². The number of hydrogen-bond acceptors (Lipinski definition) is 4. The van der Waals surface area contributed by atoms with Gasteiger partial charge in [0.25, 0.3) is 11.5 Å². The molecule has 0 atom stereocenters. The van der Waals surface area contributed by atoms with Crippen molar-refractivity contribution in [2.75, 3.05) is 0 Å². The number of hydrogen-bond donors (Lipinski definition) is 1. The third kappa shape index (κ3) is 4.18. The molecule has 0 saturated carbocycles. The molecule has 0 radical (unpaired) electrons. The van der Waals surface area contributed by atoms with Gasteiger partial charge in [0.1, 0.15) is 0 Å². The van der Waals surface area contributed by atoms with E-state index in [1.54, 1.807) is 31.2 Å². The van der Waals surface area contributed by atoms with Crippen molar-refractivity contribution >= 4 is 22.4 Å². The van der Waals surface area contributed by atoms with Crippen LogP contribution in [-0.4, -0.2) is 21.4 Å². The lowest BCUT2D eigenvalue weighted by atomic mass is 10.1. The number of amides is 1. The molecule has 0 spiro atoms. The second kappa shape index (κ2) is 7.86. The molecule has 1 N–H and O–H groups in total. The highest BCUT2D eigenvalue weighted by atomic mass is 19.4. The number of nitrogens with one attached hydrogen (secondary N) is 1. The Kier molecular flexibility index (Phi) is 5.49. The van der Waals surface area contributed by atoms with Crippen LogP contribution in [0.4, 0.5) is 13.2 Å². The summed E-state index contributed by atoms with van der Waals surface area (Å²) in [7, 11) is 0. The average molecular weight is 402 g/mol. The maximum atomic E-state index is 12.9. The van der Waals surface area contributed by atoms with Gasteiger partial charge in [-0.2, -0.15) is 23.4 Å². The van der Waals surface area contributed by atoms with E-state index >= 15 is 0 Å². The molecule has 1 heterocycles. The first kappa shape index (κ1) is 20.2. The normalized spacial score (nSPS) is 12.2. The molecular weight excluding hydrogens is 385 g/mol. The number of halogens is 3. The molecule has 0 bridgehead atoms. The van der Waals surface area contributed by atoms with Gasteiger partial charge in [-0.25, -0.2) is 10.1 Å². The molecule has 9 heteroatoms. The molecule has 1 aromatic heterocycles. The van der Waals surface area contributed by atoms with Gasteiger partial charge in [0.15, 0.2) is 5.69 Å². The Morgan fingerprint density at radius 3 is 2.48 bits per heavy atom. The molecule has 1 amide bonds. The molecule has 0 unspecified atom stereocenters. The fourth-order valence-electron chi connectivity index (χ4n) is 2.79. The van der Waals surface area contributed by atoms with Crippen LogP contribution in [0.15, 0.2) is 58.4 Å². The summed E-state index contributed by atoms with van der Waals surface area (Å²) in [6.45, 7) is 3.48. The summed E-state index contributed by atoms with van der Waals surface area (Å²) in [6, 6.07) is 11.2. The van der Waals surface area contributed by atoms with Crippen molar-refractivity contribution in [3.8, 4) is 0 Å². The first-order chi connectivity index (χ1) is 13.7. The minimum absolute atomic E-state index is 0.00245. The molecule has 0 aliphatic rings. The van der Waals surface area contributed by atoms with E-state index in [-0.39, 0.29) is 29.1 Å². The Bertz CT molecular complexity index is 1170. The lowest BCUT2D eigenvalue weighted by molar-refractivity contribution is -0.137. The topological polar surface area (TPSA) is 76.3 Å². The fourth-order valence-corrected chi connectivity index (χ4v) is 2.79. The van der Waals surface area contributed by atoms with E-state index in [2.05, 4.69) is 15.6 Å². The molecule has 0 fully saturated rings. The van der Waals surface area contributed by atoms with Gasteiger partial charge in [-0.15, -0.1) is 0 Å². The number of carbonyl (C=O) groups is 1. The van der Waals surface area contributed by atoms with Crippen LogP contribution in [0, 0.1) is 0 Å². The minimum atomic E-state index is -4.48.